The van der Waals surface area contributed by atoms with Crippen molar-refractivity contribution in [3.63, 3.8) is 0 Å². The highest BCUT2D eigenvalue weighted by Crippen LogP contribution is 2.13. The molecule has 4 nitrogen and oxygen atoms in total. The molecule has 0 aliphatic carbocycles. The lowest BCUT2D eigenvalue weighted by Gasteiger charge is -2.06. The van der Waals surface area contributed by atoms with Crippen molar-refractivity contribution in [3.8, 4) is 5.88 Å². The van der Waals surface area contributed by atoms with E-state index in [1.165, 1.54) is 0 Å². The number of nitrogens with one attached hydrogen (secondary N) is 1. The molecule has 0 amide bonds. The van der Waals surface area contributed by atoms with Crippen LogP contribution in [0.5, 0.6) is 5.88 Å². The van der Waals surface area contributed by atoms with Crippen LogP contribution < -0.4 is 10.1 Å². The first-order chi connectivity index (χ1) is 7.30. The second-order valence-corrected chi connectivity index (χ2v) is 2.99. The Labute approximate surface area is 90.4 Å². The minimum absolute atomic E-state index is 0.541. The molecule has 1 aromatic rings. The fraction of sp³-hybridized carbons (Fsp3) is 0.455. The molecule has 0 unspecified atom stereocenters. The molecule has 0 bridgehead atoms. The molecule has 15 heavy (non-hydrogen) atoms. The molecule has 0 aromatic carbocycles. The monoisotopic (exact) mass is 207 g/mol. The number of hydrogen-bond acceptors (Lipinski definition) is 4. The Hall–Kier alpha value is -1.58. The zero-order chi connectivity index (χ0) is 11.1. The number of ether oxygens (including phenoxy) is 1. The highest BCUT2D eigenvalue weighted by atomic mass is 16.5. The number of aryl methyl sites for hydroxylation is 1. The second kappa shape index (κ2) is 6.01. The smallest absolute Gasteiger partial charge is 0.219 e. The first kappa shape index (κ1) is 11.5. The van der Waals surface area contributed by atoms with Gasteiger partial charge in [-0.05, 0) is 6.92 Å². The summed E-state index contributed by atoms with van der Waals surface area (Å²) in [5, 5.41) is 2.98. The molecule has 0 spiro atoms. The normalized spacial score (nSPS) is 10.6. The van der Waals surface area contributed by atoms with Gasteiger partial charge >= 0.3 is 0 Å². The van der Waals surface area contributed by atoms with Crippen LogP contribution in [-0.4, -0.2) is 23.6 Å². The van der Waals surface area contributed by atoms with E-state index in [1.807, 2.05) is 33.0 Å². The van der Waals surface area contributed by atoms with E-state index in [2.05, 4.69) is 15.3 Å². The zero-order valence-electron chi connectivity index (χ0n) is 9.45. The van der Waals surface area contributed by atoms with Crippen molar-refractivity contribution in [3.05, 3.63) is 24.0 Å². The van der Waals surface area contributed by atoms with Crippen LogP contribution in [0.4, 0.5) is 5.82 Å². The Bertz CT molecular complexity index is 314. The fourth-order valence-electron chi connectivity index (χ4n) is 1.06. The third kappa shape index (κ3) is 3.58. The van der Waals surface area contributed by atoms with Gasteiger partial charge in [-0.15, -0.1) is 0 Å². The van der Waals surface area contributed by atoms with Gasteiger partial charge in [0.15, 0.2) is 0 Å². The molecule has 1 aromatic heterocycles. The minimum Gasteiger partial charge on any atom is -0.473 e. The maximum Gasteiger partial charge on any atom is 0.219 e. The lowest BCUT2D eigenvalue weighted by atomic mass is 10.4. The first-order valence-corrected chi connectivity index (χ1v) is 5.09. The van der Waals surface area contributed by atoms with Crippen molar-refractivity contribution in [2.45, 2.75) is 20.3 Å². The Morgan fingerprint density at radius 2 is 2.27 bits per heavy atom. The third-order valence-electron chi connectivity index (χ3n) is 1.88. The Morgan fingerprint density at radius 1 is 1.47 bits per heavy atom. The molecule has 0 aliphatic rings. The number of aromatic nitrogens is 2. The third-order valence-corrected chi connectivity index (χ3v) is 1.88. The van der Waals surface area contributed by atoms with E-state index in [9.17, 15) is 0 Å². The average Bonchev–Trinajstić information content (AvgIpc) is 2.29. The highest BCUT2D eigenvalue weighted by Gasteiger charge is 2.02. The summed E-state index contributed by atoms with van der Waals surface area (Å²) >= 11 is 0. The molecule has 0 aliphatic heterocycles. The minimum atomic E-state index is 0.541. The molecule has 4 heteroatoms. The standard InChI is InChI=1S/C11H17N3O/c1-4-6-7-15-11-8-10(12-3)13-9(5-2)14-11/h4,6,8H,5,7H2,1-3H3,(H,12,13,14)/b6-4+. The van der Waals surface area contributed by atoms with Gasteiger partial charge in [-0.2, -0.15) is 4.98 Å². The molecular weight excluding hydrogens is 190 g/mol. The van der Waals surface area contributed by atoms with Gasteiger partial charge in [0.25, 0.3) is 0 Å². The Kier molecular flexibility index (Phi) is 4.60. The van der Waals surface area contributed by atoms with Crippen LogP contribution in [0.3, 0.4) is 0 Å². The van der Waals surface area contributed by atoms with E-state index in [1.54, 1.807) is 6.07 Å². The lowest BCUT2D eigenvalue weighted by Crippen LogP contribution is -2.03. The Morgan fingerprint density at radius 3 is 2.87 bits per heavy atom. The summed E-state index contributed by atoms with van der Waals surface area (Å²) in [6.45, 7) is 4.52. The first-order valence-electron chi connectivity index (χ1n) is 5.09. The van der Waals surface area contributed by atoms with Crippen molar-refractivity contribution in [2.75, 3.05) is 19.0 Å². The van der Waals surface area contributed by atoms with Crippen LogP contribution in [0, 0.1) is 0 Å². The second-order valence-electron chi connectivity index (χ2n) is 2.99. The quantitative estimate of drug-likeness (QED) is 0.750. The van der Waals surface area contributed by atoms with Gasteiger partial charge in [-0.1, -0.05) is 19.1 Å². The number of hydrogen-bond donors (Lipinski definition) is 1. The molecule has 1 N–H and O–H groups in total. The largest absolute Gasteiger partial charge is 0.473 e. The molecular formula is C11H17N3O. The van der Waals surface area contributed by atoms with Gasteiger partial charge in [-0.25, -0.2) is 4.98 Å². The van der Waals surface area contributed by atoms with Crippen molar-refractivity contribution < 1.29 is 4.74 Å². The predicted octanol–water partition coefficient (Wildman–Crippen LogP) is 2.04. The molecule has 0 fully saturated rings. The van der Waals surface area contributed by atoms with Gasteiger partial charge in [0.05, 0.1) is 0 Å². The van der Waals surface area contributed by atoms with E-state index >= 15 is 0 Å². The van der Waals surface area contributed by atoms with Crippen molar-refractivity contribution in [1.29, 1.82) is 0 Å². The van der Waals surface area contributed by atoms with Crippen molar-refractivity contribution in [1.82, 2.24) is 9.97 Å². The van der Waals surface area contributed by atoms with Crippen LogP contribution in [0.1, 0.15) is 19.7 Å². The number of nitrogens with zero attached hydrogens (tertiary/aromatic N) is 2. The Balaban J connectivity index is 2.77. The van der Waals surface area contributed by atoms with E-state index in [0.29, 0.717) is 12.5 Å². The number of allylic oxidation sites excluding steroid dienone is 1. The van der Waals surface area contributed by atoms with Gasteiger partial charge in [-0.3, -0.25) is 0 Å². The van der Waals surface area contributed by atoms with Gasteiger partial charge < -0.3 is 10.1 Å². The summed E-state index contributed by atoms with van der Waals surface area (Å²) in [6.07, 6.45) is 4.68. The summed E-state index contributed by atoms with van der Waals surface area (Å²) in [5.74, 6) is 2.19. The summed E-state index contributed by atoms with van der Waals surface area (Å²) in [4.78, 5) is 8.54. The van der Waals surface area contributed by atoms with E-state index < -0.39 is 0 Å². The van der Waals surface area contributed by atoms with Crippen molar-refractivity contribution in [2.24, 2.45) is 0 Å². The predicted molar refractivity (Wildman–Crippen MR) is 61.3 cm³/mol. The van der Waals surface area contributed by atoms with E-state index in [4.69, 9.17) is 4.74 Å². The van der Waals surface area contributed by atoms with Crippen LogP contribution in [0.2, 0.25) is 0 Å². The molecule has 0 saturated carbocycles. The molecule has 1 rings (SSSR count). The SMILES string of the molecule is C/C=C/COc1cc(NC)nc(CC)n1. The van der Waals surface area contributed by atoms with Crippen LogP contribution >= 0.6 is 0 Å². The lowest BCUT2D eigenvalue weighted by molar-refractivity contribution is 0.346. The highest BCUT2D eigenvalue weighted by molar-refractivity contribution is 5.37. The average molecular weight is 207 g/mol. The molecule has 82 valence electrons. The van der Waals surface area contributed by atoms with E-state index in [-0.39, 0.29) is 0 Å². The van der Waals surface area contributed by atoms with Crippen LogP contribution in [-0.2, 0) is 6.42 Å². The van der Waals surface area contributed by atoms with Gasteiger partial charge in [0, 0.05) is 19.5 Å². The fourth-order valence-corrected chi connectivity index (χ4v) is 1.06. The number of rotatable bonds is 5. The topological polar surface area (TPSA) is 47.0 Å². The summed E-state index contributed by atoms with van der Waals surface area (Å²) in [5.41, 5.74) is 0. The van der Waals surface area contributed by atoms with E-state index in [0.717, 1.165) is 18.1 Å². The molecule has 0 saturated heterocycles. The molecule has 1 heterocycles. The molecule has 0 atom stereocenters. The molecule has 0 radical (unpaired) electrons. The van der Waals surface area contributed by atoms with Crippen LogP contribution in [0.15, 0.2) is 18.2 Å². The van der Waals surface area contributed by atoms with Gasteiger partial charge in [0.1, 0.15) is 18.2 Å². The number of anilines is 1. The summed E-state index contributed by atoms with van der Waals surface area (Å²) < 4.78 is 5.45. The maximum absolute atomic E-state index is 5.45. The summed E-state index contributed by atoms with van der Waals surface area (Å²) in [6, 6.07) is 1.79. The van der Waals surface area contributed by atoms with Gasteiger partial charge in [0.2, 0.25) is 5.88 Å². The van der Waals surface area contributed by atoms with Crippen molar-refractivity contribution >= 4 is 5.82 Å². The maximum atomic E-state index is 5.45. The zero-order valence-corrected chi connectivity index (χ0v) is 9.45. The summed E-state index contributed by atoms with van der Waals surface area (Å²) in [7, 11) is 1.83. The van der Waals surface area contributed by atoms with Crippen LogP contribution in [0.25, 0.3) is 0 Å².